The van der Waals surface area contributed by atoms with Crippen molar-refractivity contribution < 1.29 is 29.0 Å². The van der Waals surface area contributed by atoms with E-state index in [-0.39, 0.29) is 12.7 Å². The molecule has 0 saturated heterocycles. The molecule has 0 spiro atoms. The molecule has 0 atom stereocenters. The van der Waals surface area contributed by atoms with Gasteiger partial charge in [0, 0.05) is 6.08 Å². The average Bonchev–Trinajstić information content (AvgIpc) is 2.40. The lowest BCUT2D eigenvalue weighted by Crippen LogP contribution is -2.05. The van der Waals surface area contributed by atoms with Crippen molar-refractivity contribution in [2.24, 2.45) is 0 Å². The molecule has 0 aromatic rings. The molecule has 0 saturated carbocycles. The molecule has 23 heavy (non-hydrogen) atoms. The zero-order valence-electron chi connectivity index (χ0n) is 13.5. The highest BCUT2D eigenvalue weighted by molar-refractivity contribution is 8.48. The van der Waals surface area contributed by atoms with Crippen LogP contribution in [0.1, 0.15) is 71.1 Å². The minimum Gasteiger partial charge on any atom is -0.463 e. The second-order valence-electron chi connectivity index (χ2n) is 5.68. The molecule has 0 unspecified atom stereocenters. The van der Waals surface area contributed by atoms with Crippen LogP contribution in [0.3, 0.4) is 0 Å². The van der Waals surface area contributed by atoms with Crippen LogP contribution < -0.4 is 0 Å². The second-order valence-corrected chi connectivity index (χ2v) is 8.01. The molecule has 0 aromatic carbocycles. The molecule has 0 heterocycles. The van der Waals surface area contributed by atoms with E-state index in [0.29, 0.717) is 6.42 Å². The minimum atomic E-state index is -9.68. The van der Waals surface area contributed by atoms with Crippen molar-refractivity contribution in [3.8, 4) is 0 Å². The van der Waals surface area contributed by atoms with E-state index in [9.17, 15) is 24.2 Å². The first-order valence-electron chi connectivity index (χ1n) is 8.03. The molecule has 0 aromatic heterocycles. The number of carbonyl (C=O) groups is 1. The monoisotopic (exact) mass is 366 g/mol. The van der Waals surface area contributed by atoms with Gasteiger partial charge < -0.3 is 4.74 Å². The molecule has 0 aliphatic carbocycles. The Morgan fingerprint density at radius 2 is 1.26 bits per heavy atom. The predicted octanol–water partition coefficient (Wildman–Crippen LogP) is 7.26. The van der Waals surface area contributed by atoms with Crippen molar-refractivity contribution >= 4 is 16.2 Å². The summed E-state index contributed by atoms with van der Waals surface area (Å²) in [6.45, 7) is 2.11. The Bertz CT molecular complexity index is 378. The zero-order chi connectivity index (χ0) is 17.9. The van der Waals surface area contributed by atoms with E-state index < -0.39 is 21.6 Å². The highest BCUT2D eigenvalue weighted by Gasteiger charge is 2.60. The summed E-state index contributed by atoms with van der Waals surface area (Å²) in [7, 11) is -9.68. The van der Waals surface area contributed by atoms with E-state index in [1.807, 2.05) is 0 Å². The van der Waals surface area contributed by atoms with Gasteiger partial charge in [-0.3, -0.25) is 0 Å². The Balaban J connectivity index is 3.56. The first-order chi connectivity index (χ1) is 10.4. The second kappa shape index (κ2) is 8.89. The molecule has 0 aliphatic heterocycles. The van der Waals surface area contributed by atoms with Crippen LogP contribution in [0.4, 0.5) is 19.4 Å². The van der Waals surface area contributed by atoms with Gasteiger partial charge in [0.1, 0.15) is 0 Å². The number of rotatable bonds is 13. The lowest BCUT2D eigenvalue weighted by atomic mass is 10.1. The Hall–Kier alpha value is -0.790. The molecule has 0 bridgehead atoms. The van der Waals surface area contributed by atoms with Crippen molar-refractivity contribution in [2.75, 3.05) is 6.61 Å². The maximum Gasteiger partial charge on any atom is 0.331 e. The van der Waals surface area contributed by atoms with E-state index in [1.165, 1.54) is 32.1 Å². The van der Waals surface area contributed by atoms with Gasteiger partial charge >= 0.3 is 16.2 Å². The van der Waals surface area contributed by atoms with Crippen LogP contribution in [0.2, 0.25) is 0 Å². The van der Waals surface area contributed by atoms with Crippen LogP contribution in [-0.2, 0) is 9.53 Å². The maximum absolute atomic E-state index is 11.9. The number of carbonyl (C=O) groups excluding carboxylic acids is 1. The van der Waals surface area contributed by atoms with E-state index in [1.54, 1.807) is 0 Å². The van der Waals surface area contributed by atoms with Crippen molar-refractivity contribution in [3.63, 3.8) is 0 Å². The molecule has 0 aliphatic rings. The molecule has 8 heteroatoms. The smallest absolute Gasteiger partial charge is 0.331 e. The lowest BCUT2D eigenvalue weighted by Gasteiger charge is -2.36. The highest BCUT2D eigenvalue weighted by atomic mass is 32.5. The Morgan fingerprint density at radius 1 is 0.826 bits per heavy atom. The minimum absolute atomic E-state index is 0.0556. The third-order valence-electron chi connectivity index (χ3n) is 3.20. The van der Waals surface area contributed by atoms with Crippen molar-refractivity contribution in [1.29, 1.82) is 0 Å². The Kier molecular flexibility index (Phi) is 8.59. The molecular weight excluding hydrogens is 339 g/mol. The largest absolute Gasteiger partial charge is 0.463 e. The van der Waals surface area contributed by atoms with Crippen molar-refractivity contribution in [2.45, 2.75) is 71.1 Å². The van der Waals surface area contributed by atoms with Crippen LogP contribution in [0.5, 0.6) is 0 Å². The quantitative estimate of drug-likeness (QED) is 0.148. The molecule has 140 valence electrons. The number of esters is 1. The van der Waals surface area contributed by atoms with Gasteiger partial charge in [-0.15, -0.1) is 0 Å². The molecule has 0 amide bonds. The fourth-order valence-corrected chi connectivity index (χ4v) is 2.36. The van der Waals surface area contributed by atoms with Crippen LogP contribution in [-0.4, -0.2) is 12.6 Å². The molecule has 0 N–H and O–H groups in total. The Labute approximate surface area is 135 Å². The lowest BCUT2D eigenvalue weighted by molar-refractivity contribution is -0.137. The highest BCUT2D eigenvalue weighted by Crippen LogP contribution is 2.98. The first-order valence-corrected chi connectivity index (χ1v) is 10.0. The third kappa shape index (κ3) is 19.2. The fourth-order valence-electron chi connectivity index (χ4n) is 1.99. The van der Waals surface area contributed by atoms with Gasteiger partial charge in [0.05, 0.1) is 12.0 Å². The van der Waals surface area contributed by atoms with Gasteiger partial charge in [-0.05, 0) is 6.42 Å². The predicted molar refractivity (Wildman–Crippen MR) is 85.1 cm³/mol. The van der Waals surface area contributed by atoms with Crippen LogP contribution in [0.15, 0.2) is 11.5 Å². The van der Waals surface area contributed by atoms with Crippen molar-refractivity contribution in [1.82, 2.24) is 0 Å². The molecule has 0 radical (unpaired) electrons. The van der Waals surface area contributed by atoms with E-state index in [4.69, 9.17) is 0 Å². The molecule has 0 fully saturated rings. The molecule has 2 nitrogen and oxygen atoms in total. The summed E-state index contributed by atoms with van der Waals surface area (Å²) in [6, 6.07) is 0. The van der Waals surface area contributed by atoms with E-state index >= 15 is 0 Å². The summed E-state index contributed by atoms with van der Waals surface area (Å²) in [5.41, 5.74) is 0. The van der Waals surface area contributed by atoms with Crippen LogP contribution >= 0.6 is 10.2 Å². The topological polar surface area (TPSA) is 26.3 Å². The van der Waals surface area contributed by atoms with Gasteiger partial charge in [0.15, 0.2) is 0 Å². The average molecular weight is 366 g/mol. The summed E-state index contributed by atoms with van der Waals surface area (Å²) in [5.74, 6) is -1.39. The zero-order valence-corrected chi connectivity index (χ0v) is 14.4. The molecule has 0 rings (SSSR count). The van der Waals surface area contributed by atoms with Crippen LogP contribution in [0, 0.1) is 0 Å². The van der Waals surface area contributed by atoms with E-state index in [0.717, 1.165) is 25.7 Å². The first kappa shape index (κ1) is 22.2. The summed E-state index contributed by atoms with van der Waals surface area (Å²) in [4.78, 5) is 10.9. The standard InChI is InChI=1S/C15H27F5O2S/c1-2-3-4-5-6-7-8-9-10-11-13-22-15(21)12-14-23(16,17,18,19)20/h12,14H,2-11,13H2,1H3/b14-12+. The summed E-state index contributed by atoms with van der Waals surface area (Å²) < 4.78 is 64.2. The van der Waals surface area contributed by atoms with Gasteiger partial charge in [0.25, 0.3) is 0 Å². The van der Waals surface area contributed by atoms with Crippen LogP contribution in [0.25, 0.3) is 0 Å². The van der Waals surface area contributed by atoms with Gasteiger partial charge in [-0.2, -0.15) is 0 Å². The van der Waals surface area contributed by atoms with Crippen molar-refractivity contribution in [3.05, 3.63) is 11.5 Å². The summed E-state index contributed by atoms with van der Waals surface area (Å²) >= 11 is 0. The number of unbranched alkanes of at least 4 members (excludes halogenated alkanes) is 9. The van der Waals surface area contributed by atoms with Gasteiger partial charge in [-0.1, -0.05) is 84.1 Å². The summed E-state index contributed by atoms with van der Waals surface area (Å²) in [6.07, 6.45) is 10.4. The Morgan fingerprint density at radius 3 is 1.70 bits per heavy atom. The maximum atomic E-state index is 11.9. The van der Waals surface area contributed by atoms with Gasteiger partial charge in [0.2, 0.25) is 0 Å². The fraction of sp³-hybridized carbons (Fsp3) is 0.800. The van der Waals surface area contributed by atoms with Gasteiger partial charge in [-0.25, -0.2) is 4.79 Å². The SMILES string of the molecule is CCCCCCCCCCCCOC(=O)/C=C/S(F)(F)(F)(F)F. The van der Waals surface area contributed by atoms with E-state index in [2.05, 4.69) is 11.7 Å². The number of hydrogen-bond acceptors (Lipinski definition) is 2. The molecular formula is C15H27F5O2S. The normalized spacial score (nSPS) is 15.4. The number of hydrogen-bond donors (Lipinski definition) is 0. The summed E-state index contributed by atoms with van der Waals surface area (Å²) in [5, 5.41) is -1.28. The number of ether oxygens (including phenoxy) is 1. The third-order valence-corrected chi connectivity index (χ3v) is 3.85. The number of halogens is 5.